The topological polar surface area (TPSA) is 47.3 Å². The number of nitrogens with one attached hydrogen (secondary N) is 1. The second-order valence-corrected chi connectivity index (χ2v) is 7.62. The van der Waals surface area contributed by atoms with E-state index in [1.54, 1.807) is 0 Å². The lowest BCUT2D eigenvalue weighted by atomic mass is 10.00. The van der Waals surface area contributed by atoms with Crippen LogP contribution in [0.5, 0.6) is 5.75 Å². The van der Waals surface area contributed by atoms with E-state index in [1.807, 2.05) is 30.3 Å². The molecule has 2 aromatic carbocycles. The maximum atomic E-state index is 12.8. The summed E-state index contributed by atoms with van der Waals surface area (Å²) >= 11 is 0. The number of hydrogen-bond donors (Lipinski definition) is 2. The van der Waals surface area contributed by atoms with Crippen molar-refractivity contribution in [2.24, 2.45) is 0 Å². The standard InChI is InChI=1S/C22H32N2O2.2ClH/c1-17(2)23-14-7-11-21(25)20-13-12-18-9-5-6-10-19(18)22(20)26-16-8-15-24(3)4;;/h5-6,9-10,12-13,17,23H,7-8,11,14-16H2,1-4H3;2*1H. The van der Waals surface area contributed by atoms with E-state index in [4.69, 9.17) is 4.74 Å². The van der Waals surface area contributed by atoms with Crippen molar-refractivity contribution in [3.63, 3.8) is 0 Å². The summed E-state index contributed by atoms with van der Waals surface area (Å²) < 4.78 is 6.12. The van der Waals surface area contributed by atoms with Crippen molar-refractivity contribution >= 4 is 16.6 Å². The summed E-state index contributed by atoms with van der Waals surface area (Å²) in [6, 6.07) is 12.7. The molecule has 0 atom stereocenters. The van der Waals surface area contributed by atoms with E-state index in [1.165, 1.54) is 4.90 Å². The predicted octanol–water partition coefficient (Wildman–Crippen LogP) is -4.30. The molecule has 0 aromatic heterocycles. The zero-order valence-electron chi connectivity index (χ0n) is 17.4. The molecule has 0 unspecified atom stereocenters. The van der Waals surface area contributed by atoms with Crippen molar-refractivity contribution in [2.45, 2.75) is 39.2 Å². The number of halogens is 2. The van der Waals surface area contributed by atoms with E-state index in [-0.39, 0.29) is 30.6 Å². The van der Waals surface area contributed by atoms with Gasteiger partial charge in [0.15, 0.2) is 5.78 Å². The molecule has 0 heterocycles. The molecule has 0 fully saturated rings. The lowest BCUT2D eigenvalue weighted by Crippen LogP contribution is -3.05. The van der Waals surface area contributed by atoms with Gasteiger partial charge in [-0.25, -0.2) is 0 Å². The van der Waals surface area contributed by atoms with Crippen LogP contribution in [0.15, 0.2) is 36.4 Å². The maximum Gasteiger partial charge on any atom is 0.166 e. The van der Waals surface area contributed by atoms with Gasteiger partial charge in [0.05, 0.1) is 45.4 Å². The summed E-state index contributed by atoms with van der Waals surface area (Å²) in [6.07, 6.45) is 2.44. The van der Waals surface area contributed by atoms with Crippen molar-refractivity contribution < 1.29 is 44.6 Å². The molecule has 0 saturated heterocycles. The van der Waals surface area contributed by atoms with E-state index >= 15 is 0 Å². The number of benzene rings is 2. The molecule has 0 aliphatic carbocycles. The number of hydrogen-bond acceptors (Lipinski definition) is 2. The van der Waals surface area contributed by atoms with Crippen molar-refractivity contribution in [1.82, 2.24) is 0 Å². The summed E-state index contributed by atoms with van der Waals surface area (Å²) in [5.41, 5.74) is 0.727. The fraction of sp³-hybridized carbons (Fsp3) is 0.500. The number of carbonyl (C=O) groups is 1. The summed E-state index contributed by atoms with van der Waals surface area (Å²) in [7, 11) is 4.28. The largest absolute Gasteiger partial charge is 1.00 e. The normalized spacial score (nSPS) is 10.6. The van der Waals surface area contributed by atoms with E-state index in [2.05, 4.69) is 39.3 Å². The predicted molar refractivity (Wildman–Crippen MR) is 107 cm³/mol. The van der Waals surface area contributed by atoms with Crippen LogP contribution < -0.4 is 39.8 Å². The Kier molecular flexibility index (Phi) is 13.1. The summed E-state index contributed by atoms with van der Waals surface area (Å²) in [4.78, 5) is 14.2. The fourth-order valence-electron chi connectivity index (χ4n) is 3.07. The van der Waals surface area contributed by atoms with E-state index in [0.717, 1.165) is 48.0 Å². The monoisotopic (exact) mass is 428 g/mol. The molecule has 4 nitrogen and oxygen atoms in total. The number of quaternary nitrogens is 2. The lowest BCUT2D eigenvalue weighted by molar-refractivity contribution is -0.858. The van der Waals surface area contributed by atoms with Gasteiger partial charge in [-0.05, 0) is 25.3 Å². The Balaban J connectivity index is 0.00000364. The summed E-state index contributed by atoms with van der Waals surface area (Å²) in [5.74, 6) is 0.941. The minimum absolute atomic E-state index is 0. The van der Waals surface area contributed by atoms with Crippen LogP contribution in [0.4, 0.5) is 0 Å². The van der Waals surface area contributed by atoms with Crippen molar-refractivity contribution in [2.75, 3.05) is 33.8 Å². The van der Waals surface area contributed by atoms with Crippen LogP contribution in [0.1, 0.15) is 43.5 Å². The van der Waals surface area contributed by atoms with Gasteiger partial charge in [0.25, 0.3) is 0 Å². The van der Waals surface area contributed by atoms with Gasteiger partial charge in [0, 0.05) is 24.6 Å². The Bertz CT molecular complexity index is 721. The third-order valence-electron chi connectivity index (χ3n) is 4.49. The van der Waals surface area contributed by atoms with Crippen molar-refractivity contribution in [3.05, 3.63) is 42.0 Å². The van der Waals surface area contributed by atoms with Gasteiger partial charge in [0.2, 0.25) is 0 Å². The molecular formula is C22H34Cl2N2O2. The second kappa shape index (κ2) is 13.8. The number of ketones is 1. The maximum absolute atomic E-state index is 12.8. The quantitative estimate of drug-likeness (QED) is 0.281. The number of fused-ring (bicyclic) bond motifs is 1. The van der Waals surface area contributed by atoms with E-state index in [0.29, 0.717) is 19.1 Å². The highest BCUT2D eigenvalue weighted by atomic mass is 35.5. The van der Waals surface area contributed by atoms with Gasteiger partial charge in [-0.1, -0.05) is 30.3 Å². The van der Waals surface area contributed by atoms with Crippen LogP contribution in [0.25, 0.3) is 10.8 Å². The zero-order chi connectivity index (χ0) is 18.9. The Morgan fingerprint density at radius 3 is 2.46 bits per heavy atom. The van der Waals surface area contributed by atoms with E-state index in [9.17, 15) is 4.79 Å². The first-order valence-corrected chi connectivity index (χ1v) is 9.79. The fourth-order valence-corrected chi connectivity index (χ4v) is 3.07. The molecule has 0 amide bonds. The minimum atomic E-state index is 0. The molecule has 6 heteroatoms. The number of ether oxygens (including phenoxy) is 1. The van der Waals surface area contributed by atoms with Gasteiger partial charge in [0.1, 0.15) is 5.75 Å². The Labute approximate surface area is 181 Å². The van der Waals surface area contributed by atoms with Crippen LogP contribution in [0, 0.1) is 0 Å². The Morgan fingerprint density at radius 1 is 1.07 bits per heavy atom. The third-order valence-corrected chi connectivity index (χ3v) is 4.49. The van der Waals surface area contributed by atoms with Crippen LogP contribution in [0.3, 0.4) is 0 Å². The summed E-state index contributed by atoms with van der Waals surface area (Å²) in [6.45, 7) is 7.03. The number of Topliss-reactive ketones (excluding diaryl/α,β-unsaturated/α-hetero) is 1. The number of rotatable bonds is 11. The third kappa shape index (κ3) is 8.36. The van der Waals surface area contributed by atoms with Crippen LogP contribution >= 0.6 is 0 Å². The molecule has 0 radical (unpaired) electrons. The molecule has 0 aliphatic heterocycles. The van der Waals surface area contributed by atoms with Crippen LogP contribution in [-0.2, 0) is 0 Å². The molecule has 0 bridgehead atoms. The first-order valence-electron chi connectivity index (χ1n) is 9.79. The average Bonchev–Trinajstić information content (AvgIpc) is 2.61. The van der Waals surface area contributed by atoms with Gasteiger partial charge in [-0.3, -0.25) is 4.79 Å². The molecule has 0 aliphatic rings. The van der Waals surface area contributed by atoms with Crippen molar-refractivity contribution in [1.29, 1.82) is 0 Å². The van der Waals surface area contributed by atoms with Crippen LogP contribution in [0.2, 0.25) is 0 Å². The van der Waals surface area contributed by atoms with Gasteiger partial charge < -0.3 is 39.8 Å². The first-order chi connectivity index (χ1) is 12.5. The highest BCUT2D eigenvalue weighted by molar-refractivity contribution is 6.04. The highest BCUT2D eigenvalue weighted by Gasteiger charge is 2.16. The number of nitrogens with two attached hydrogens (primary N) is 1. The molecule has 0 spiro atoms. The lowest BCUT2D eigenvalue weighted by Gasteiger charge is -2.15. The van der Waals surface area contributed by atoms with Gasteiger partial charge in [-0.2, -0.15) is 0 Å². The Hall–Kier alpha value is -1.33. The van der Waals surface area contributed by atoms with Gasteiger partial charge in [-0.15, -0.1) is 0 Å². The minimum Gasteiger partial charge on any atom is -1.00 e. The first kappa shape index (κ1) is 26.7. The molecule has 0 saturated carbocycles. The smallest absolute Gasteiger partial charge is 0.166 e. The zero-order valence-corrected chi connectivity index (χ0v) is 18.9. The molecule has 2 aromatic rings. The molecule has 2 rings (SSSR count). The average molecular weight is 429 g/mol. The Morgan fingerprint density at radius 2 is 1.79 bits per heavy atom. The van der Waals surface area contributed by atoms with Crippen molar-refractivity contribution in [3.8, 4) is 5.75 Å². The molecular weight excluding hydrogens is 395 g/mol. The van der Waals surface area contributed by atoms with E-state index < -0.39 is 0 Å². The molecule has 28 heavy (non-hydrogen) atoms. The SMILES string of the molecule is CC(C)[NH2+]CCCC(=O)c1ccc2ccccc2c1OCCC[NH+](C)C.[Cl-].[Cl-]. The second-order valence-electron chi connectivity index (χ2n) is 7.62. The number of carbonyl (C=O) groups excluding carboxylic acids is 1. The molecule has 158 valence electrons. The summed E-state index contributed by atoms with van der Waals surface area (Å²) in [5, 5.41) is 4.42. The highest BCUT2D eigenvalue weighted by Crippen LogP contribution is 2.31. The molecule has 3 N–H and O–H groups in total. The van der Waals surface area contributed by atoms with Gasteiger partial charge >= 0.3 is 0 Å². The van der Waals surface area contributed by atoms with Crippen LogP contribution in [-0.4, -0.2) is 45.6 Å².